The summed E-state index contributed by atoms with van der Waals surface area (Å²) in [6, 6.07) is 0. The smallest absolute Gasteiger partial charge is 0.245 e. The van der Waals surface area contributed by atoms with E-state index in [0.717, 1.165) is 0 Å². The molecule has 0 N–H and O–H groups in total. The molecule has 0 heterocycles. The zero-order valence-electron chi connectivity index (χ0n) is 8.39. The van der Waals surface area contributed by atoms with Crippen molar-refractivity contribution in [3.8, 4) is 0 Å². The molecule has 0 radical (unpaired) electrons. The summed E-state index contributed by atoms with van der Waals surface area (Å²) in [6.45, 7) is 5.65. The predicted molar refractivity (Wildman–Crippen MR) is 52.0 cm³/mol. The molecule has 0 aliphatic carbocycles. The van der Waals surface area contributed by atoms with Crippen molar-refractivity contribution >= 4 is 35.1 Å². The number of alkyl halides is 2. The van der Waals surface area contributed by atoms with Gasteiger partial charge in [-0.05, 0) is 27.7 Å². The van der Waals surface area contributed by atoms with Crippen LogP contribution in [0.2, 0.25) is 0 Å². The standard InChI is InChI=1S/C8H12Cl2O4/c1-7(2,9)5(11)13-14-6(12)8(3,4)10/h1-4H3. The van der Waals surface area contributed by atoms with Crippen molar-refractivity contribution in [2.75, 3.05) is 0 Å². The third-order valence-corrected chi connectivity index (χ3v) is 1.47. The molecule has 0 bridgehead atoms. The van der Waals surface area contributed by atoms with Crippen molar-refractivity contribution in [1.82, 2.24) is 0 Å². The summed E-state index contributed by atoms with van der Waals surface area (Å²) in [7, 11) is 0. The van der Waals surface area contributed by atoms with E-state index in [1.165, 1.54) is 27.7 Å². The summed E-state index contributed by atoms with van der Waals surface area (Å²) >= 11 is 11.2. The lowest BCUT2D eigenvalue weighted by Crippen LogP contribution is -2.32. The Morgan fingerprint density at radius 1 is 0.857 bits per heavy atom. The van der Waals surface area contributed by atoms with Crippen molar-refractivity contribution in [1.29, 1.82) is 0 Å². The molecule has 0 atom stereocenters. The molecule has 0 aromatic carbocycles. The van der Waals surface area contributed by atoms with Crippen LogP contribution in [-0.4, -0.2) is 21.7 Å². The molecular weight excluding hydrogens is 231 g/mol. The van der Waals surface area contributed by atoms with Crippen LogP contribution in [-0.2, 0) is 19.4 Å². The van der Waals surface area contributed by atoms with Crippen LogP contribution in [0.3, 0.4) is 0 Å². The number of carbonyl (C=O) groups excluding carboxylic acids is 2. The van der Waals surface area contributed by atoms with Gasteiger partial charge in [0.25, 0.3) is 0 Å². The average molecular weight is 243 g/mol. The summed E-state index contributed by atoms with van der Waals surface area (Å²) < 4.78 is 0. The molecule has 6 heteroatoms. The molecule has 82 valence electrons. The highest BCUT2D eigenvalue weighted by atomic mass is 35.5. The molecule has 0 saturated carbocycles. The Labute approximate surface area is 92.4 Å². The van der Waals surface area contributed by atoms with Gasteiger partial charge in [-0.1, -0.05) is 0 Å². The number of hydrogen-bond acceptors (Lipinski definition) is 4. The molecule has 4 nitrogen and oxygen atoms in total. The minimum Gasteiger partial charge on any atom is -0.245 e. The van der Waals surface area contributed by atoms with Gasteiger partial charge in [0.05, 0.1) is 0 Å². The quantitative estimate of drug-likeness (QED) is 0.423. The Bertz CT molecular complexity index is 211. The van der Waals surface area contributed by atoms with E-state index < -0.39 is 21.7 Å². The molecular formula is C8H12Cl2O4. The fraction of sp³-hybridized carbons (Fsp3) is 0.750. The van der Waals surface area contributed by atoms with Gasteiger partial charge in [-0.15, -0.1) is 23.2 Å². The van der Waals surface area contributed by atoms with E-state index in [4.69, 9.17) is 23.2 Å². The monoisotopic (exact) mass is 242 g/mol. The fourth-order valence-electron chi connectivity index (χ4n) is 0.274. The van der Waals surface area contributed by atoms with Crippen molar-refractivity contribution in [2.24, 2.45) is 0 Å². The van der Waals surface area contributed by atoms with Gasteiger partial charge >= 0.3 is 11.9 Å². The molecule has 0 fully saturated rings. The van der Waals surface area contributed by atoms with E-state index >= 15 is 0 Å². The van der Waals surface area contributed by atoms with Gasteiger partial charge in [-0.25, -0.2) is 19.4 Å². The zero-order valence-corrected chi connectivity index (χ0v) is 9.90. The molecule has 0 aliphatic rings. The third-order valence-electron chi connectivity index (χ3n) is 1.16. The van der Waals surface area contributed by atoms with E-state index in [-0.39, 0.29) is 0 Å². The van der Waals surface area contributed by atoms with E-state index in [1.54, 1.807) is 0 Å². The molecule has 14 heavy (non-hydrogen) atoms. The van der Waals surface area contributed by atoms with Crippen LogP contribution in [0.25, 0.3) is 0 Å². The lowest BCUT2D eigenvalue weighted by Gasteiger charge is -2.15. The van der Waals surface area contributed by atoms with Gasteiger partial charge in [-0.3, -0.25) is 0 Å². The number of carbonyl (C=O) groups is 2. The first kappa shape index (κ1) is 13.5. The number of halogens is 2. The Hall–Kier alpha value is -0.480. The molecule has 0 saturated heterocycles. The van der Waals surface area contributed by atoms with E-state index in [9.17, 15) is 9.59 Å². The average Bonchev–Trinajstić information content (AvgIpc) is 1.95. The first-order valence-corrected chi connectivity index (χ1v) is 4.62. The molecule has 0 aliphatic heterocycles. The van der Waals surface area contributed by atoms with E-state index in [1.807, 2.05) is 0 Å². The minimum absolute atomic E-state index is 0.853. The molecule has 0 unspecified atom stereocenters. The molecule has 0 aromatic heterocycles. The maximum Gasteiger partial charge on any atom is 0.375 e. The second-order valence-corrected chi connectivity index (χ2v) is 5.58. The third kappa shape index (κ3) is 4.67. The SMILES string of the molecule is CC(C)(Cl)C(=O)OOC(=O)C(C)(C)Cl. The second kappa shape index (κ2) is 4.36. The topological polar surface area (TPSA) is 52.6 Å². The highest BCUT2D eigenvalue weighted by Gasteiger charge is 2.32. The lowest BCUT2D eigenvalue weighted by atomic mass is 10.2. The largest absolute Gasteiger partial charge is 0.375 e. The molecule has 0 spiro atoms. The Balaban J connectivity index is 4.10. The van der Waals surface area contributed by atoms with Gasteiger partial charge in [0.2, 0.25) is 0 Å². The highest BCUT2D eigenvalue weighted by Crippen LogP contribution is 2.18. The summed E-state index contributed by atoms with van der Waals surface area (Å²) in [5.74, 6) is -1.71. The zero-order chi connectivity index (χ0) is 11.6. The first-order chi connectivity index (χ1) is 6.05. The van der Waals surface area contributed by atoms with Crippen LogP contribution in [0.15, 0.2) is 0 Å². The van der Waals surface area contributed by atoms with Crippen LogP contribution in [0.4, 0.5) is 0 Å². The van der Waals surface area contributed by atoms with Crippen molar-refractivity contribution < 1.29 is 19.4 Å². The van der Waals surface area contributed by atoms with Gasteiger partial charge in [0, 0.05) is 0 Å². The first-order valence-electron chi connectivity index (χ1n) is 3.86. The van der Waals surface area contributed by atoms with E-state index in [2.05, 4.69) is 9.78 Å². The summed E-state index contributed by atoms with van der Waals surface area (Å²) in [4.78, 5) is 27.9. The summed E-state index contributed by atoms with van der Waals surface area (Å²) in [6.07, 6.45) is 0. The van der Waals surface area contributed by atoms with E-state index in [0.29, 0.717) is 0 Å². The molecule has 0 amide bonds. The van der Waals surface area contributed by atoms with Crippen LogP contribution in [0.5, 0.6) is 0 Å². The summed E-state index contributed by atoms with van der Waals surface area (Å²) in [5, 5.41) is 0. The van der Waals surface area contributed by atoms with Gasteiger partial charge in [0.1, 0.15) is 9.75 Å². The van der Waals surface area contributed by atoms with Crippen molar-refractivity contribution in [3.63, 3.8) is 0 Å². The van der Waals surface area contributed by atoms with Crippen LogP contribution in [0, 0.1) is 0 Å². The highest BCUT2D eigenvalue weighted by molar-refractivity contribution is 6.34. The Kier molecular flexibility index (Phi) is 4.21. The lowest BCUT2D eigenvalue weighted by molar-refractivity contribution is -0.262. The normalized spacial score (nSPS) is 12.1. The van der Waals surface area contributed by atoms with Gasteiger partial charge < -0.3 is 0 Å². The van der Waals surface area contributed by atoms with Crippen LogP contribution >= 0.6 is 23.2 Å². The van der Waals surface area contributed by atoms with Gasteiger partial charge in [0.15, 0.2) is 0 Å². The maximum absolute atomic E-state index is 11.0. The maximum atomic E-state index is 11.0. The Morgan fingerprint density at radius 3 is 1.21 bits per heavy atom. The van der Waals surface area contributed by atoms with Gasteiger partial charge in [-0.2, -0.15) is 0 Å². The fourth-order valence-corrected chi connectivity index (χ4v) is 0.337. The minimum atomic E-state index is -1.24. The molecule has 0 aromatic rings. The Morgan fingerprint density at radius 2 is 1.07 bits per heavy atom. The van der Waals surface area contributed by atoms with Crippen molar-refractivity contribution in [3.05, 3.63) is 0 Å². The van der Waals surface area contributed by atoms with Crippen LogP contribution in [0.1, 0.15) is 27.7 Å². The van der Waals surface area contributed by atoms with Crippen LogP contribution < -0.4 is 0 Å². The second-order valence-electron chi connectivity index (χ2n) is 3.69. The molecule has 0 rings (SSSR count). The van der Waals surface area contributed by atoms with Crippen molar-refractivity contribution in [2.45, 2.75) is 37.4 Å². The number of hydrogen-bond donors (Lipinski definition) is 0. The predicted octanol–water partition coefficient (Wildman–Crippen LogP) is 2.02. The summed E-state index contributed by atoms with van der Waals surface area (Å²) in [5.41, 5.74) is 0. The number of rotatable bonds is 2.